The van der Waals surface area contributed by atoms with Crippen LogP contribution in [0.4, 0.5) is 11.4 Å². The van der Waals surface area contributed by atoms with Gasteiger partial charge in [-0.05, 0) is 36.5 Å². The van der Waals surface area contributed by atoms with Crippen LogP contribution < -0.4 is 11.1 Å². The Morgan fingerprint density at radius 2 is 2.05 bits per heavy atom. The van der Waals surface area contributed by atoms with E-state index in [2.05, 4.69) is 28.5 Å². The van der Waals surface area contributed by atoms with Crippen LogP contribution in [0, 0.1) is 5.92 Å². The van der Waals surface area contributed by atoms with Crippen LogP contribution in [0.2, 0.25) is 0 Å². The van der Waals surface area contributed by atoms with Crippen LogP contribution in [-0.4, -0.2) is 10.9 Å². The second-order valence-electron chi connectivity index (χ2n) is 5.16. The second-order valence-corrected chi connectivity index (χ2v) is 5.16. The van der Waals surface area contributed by atoms with Gasteiger partial charge in [-0.15, -0.1) is 0 Å². The van der Waals surface area contributed by atoms with Crippen molar-refractivity contribution in [3.05, 3.63) is 53.9 Å². The lowest BCUT2D eigenvalue weighted by molar-refractivity contribution is -0.120. The number of hydrogen-bond donors (Lipinski definition) is 2. The highest BCUT2D eigenvalue weighted by atomic mass is 16.1. The number of nitrogens with zero attached hydrogens (tertiary/aromatic N) is 1. The molecule has 1 aliphatic carbocycles. The zero-order valence-corrected chi connectivity index (χ0v) is 11.2. The lowest BCUT2D eigenvalue weighted by Gasteiger charge is -2.24. The molecule has 0 aliphatic heterocycles. The van der Waals surface area contributed by atoms with Crippen LogP contribution >= 0.6 is 0 Å². The van der Waals surface area contributed by atoms with E-state index in [1.54, 1.807) is 18.5 Å². The number of fused-ring (bicyclic) bond motifs is 1. The molecule has 2 aromatic rings. The van der Waals surface area contributed by atoms with Crippen molar-refractivity contribution < 1.29 is 4.79 Å². The summed E-state index contributed by atoms with van der Waals surface area (Å²) >= 11 is 0. The van der Waals surface area contributed by atoms with E-state index >= 15 is 0 Å². The number of pyridine rings is 1. The number of aromatic nitrogens is 1. The number of carbonyl (C=O) groups excluding carboxylic acids is 1. The van der Waals surface area contributed by atoms with Gasteiger partial charge in [-0.25, -0.2) is 0 Å². The first-order valence-corrected chi connectivity index (χ1v) is 6.81. The highest BCUT2D eigenvalue weighted by molar-refractivity contribution is 5.95. The first-order chi connectivity index (χ1) is 9.74. The van der Waals surface area contributed by atoms with Crippen molar-refractivity contribution in [2.24, 2.45) is 5.92 Å². The van der Waals surface area contributed by atoms with Crippen LogP contribution in [0.15, 0.2) is 42.7 Å². The molecule has 1 unspecified atom stereocenters. The van der Waals surface area contributed by atoms with Crippen molar-refractivity contribution in [2.45, 2.75) is 19.3 Å². The van der Waals surface area contributed by atoms with Crippen molar-refractivity contribution in [2.75, 3.05) is 11.1 Å². The fraction of sp³-hybridized carbons (Fsp3) is 0.250. The summed E-state index contributed by atoms with van der Waals surface area (Å²) in [6, 6.07) is 10.1. The molecule has 1 amide bonds. The Balaban J connectivity index is 1.72. The van der Waals surface area contributed by atoms with E-state index in [1.165, 1.54) is 11.1 Å². The fourth-order valence-corrected chi connectivity index (χ4v) is 2.68. The Bertz CT molecular complexity index is 639. The van der Waals surface area contributed by atoms with Gasteiger partial charge in [-0.2, -0.15) is 0 Å². The number of amides is 1. The lowest BCUT2D eigenvalue weighted by Crippen LogP contribution is -2.28. The second kappa shape index (κ2) is 5.33. The summed E-state index contributed by atoms with van der Waals surface area (Å²) in [5, 5.41) is 2.91. The molecule has 1 atom stereocenters. The summed E-state index contributed by atoms with van der Waals surface area (Å²) in [6.45, 7) is 0. The third kappa shape index (κ3) is 2.50. The van der Waals surface area contributed by atoms with Gasteiger partial charge < -0.3 is 11.1 Å². The summed E-state index contributed by atoms with van der Waals surface area (Å²) < 4.78 is 0. The zero-order chi connectivity index (χ0) is 13.9. The first-order valence-electron chi connectivity index (χ1n) is 6.81. The summed E-state index contributed by atoms with van der Waals surface area (Å²) in [6.07, 6.45) is 5.81. The Morgan fingerprint density at radius 3 is 2.85 bits per heavy atom. The van der Waals surface area contributed by atoms with Gasteiger partial charge in [0.2, 0.25) is 5.91 Å². The number of carbonyl (C=O) groups is 1. The third-order valence-electron chi connectivity index (χ3n) is 3.83. The number of hydrogen-bond acceptors (Lipinski definition) is 3. The minimum atomic E-state index is 0.0115. The van der Waals surface area contributed by atoms with E-state index in [1.807, 2.05) is 6.07 Å². The van der Waals surface area contributed by atoms with Gasteiger partial charge >= 0.3 is 0 Å². The van der Waals surface area contributed by atoms with Crippen molar-refractivity contribution in [1.82, 2.24) is 4.98 Å². The van der Waals surface area contributed by atoms with Gasteiger partial charge in [0.25, 0.3) is 0 Å². The van der Waals surface area contributed by atoms with Crippen molar-refractivity contribution >= 4 is 17.3 Å². The quantitative estimate of drug-likeness (QED) is 0.878. The highest BCUT2D eigenvalue weighted by Gasteiger charge is 2.24. The normalized spacial score (nSPS) is 17.3. The van der Waals surface area contributed by atoms with Crippen molar-refractivity contribution in [1.29, 1.82) is 0 Å². The van der Waals surface area contributed by atoms with Gasteiger partial charge in [0.05, 0.1) is 17.6 Å². The molecule has 1 aliphatic rings. The molecule has 1 aromatic heterocycles. The minimum absolute atomic E-state index is 0.0115. The molecule has 0 saturated carbocycles. The number of anilines is 2. The summed E-state index contributed by atoms with van der Waals surface area (Å²) in [5.41, 5.74) is 9.58. The van der Waals surface area contributed by atoms with E-state index < -0.39 is 0 Å². The maximum atomic E-state index is 12.3. The van der Waals surface area contributed by atoms with E-state index in [-0.39, 0.29) is 11.8 Å². The molecule has 0 bridgehead atoms. The average molecular weight is 267 g/mol. The molecule has 0 saturated heterocycles. The number of nitrogens with two attached hydrogens (primary N) is 1. The number of aryl methyl sites for hydroxylation is 1. The number of nitrogens with one attached hydrogen (secondary N) is 1. The molecule has 1 heterocycles. The van der Waals surface area contributed by atoms with Gasteiger partial charge in [0, 0.05) is 12.1 Å². The van der Waals surface area contributed by atoms with E-state index in [9.17, 15) is 4.79 Å². The maximum Gasteiger partial charge on any atom is 0.227 e. The Hall–Kier alpha value is -2.36. The van der Waals surface area contributed by atoms with Gasteiger partial charge in [-0.1, -0.05) is 24.3 Å². The van der Waals surface area contributed by atoms with Crippen LogP contribution in [0.1, 0.15) is 17.5 Å². The molecule has 3 rings (SSSR count). The van der Waals surface area contributed by atoms with Crippen molar-refractivity contribution in [3.63, 3.8) is 0 Å². The molecule has 0 spiro atoms. The topological polar surface area (TPSA) is 68.0 Å². The van der Waals surface area contributed by atoms with E-state index in [0.29, 0.717) is 11.4 Å². The Morgan fingerprint density at radius 1 is 1.25 bits per heavy atom. The SMILES string of the molecule is Nc1cnccc1NC(=O)C1CCc2ccccc2C1. The molecule has 0 fully saturated rings. The van der Waals surface area contributed by atoms with Gasteiger partial charge in [0.15, 0.2) is 0 Å². The van der Waals surface area contributed by atoms with Crippen LogP contribution in [0.25, 0.3) is 0 Å². The maximum absolute atomic E-state index is 12.3. The standard InChI is InChI=1S/C16H17N3O/c17-14-10-18-8-7-15(14)19-16(20)13-6-5-11-3-1-2-4-12(11)9-13/h1-4,7-8,10,13H,5-6,9,17H2,(H,18,19,20). The predicted octanol–water partition coefficient (Wildman–Crippen LogP) is 2.41. The molecule has 4 heteroatoms. The van der Waals surface area contributed by atoms with Gasteiger partial charge in [0.1, 0.15) is 0 Å². The van der Waals surface area contributed by atoms with Crippen LogP contribution in [0.5, 0.6) is 0 Å². The van der Waals surface area contributed by atoms with E-state index in [4.69, 9.17) is 5.73 Å². The van der Waals surface area contributed by atoms with Crippen LogP contribution in [0.3, 0.4) is 0 Å². The molecule has 3 N–H and O–H groups in total. The summed E-state index contributed by atoms with van der Waals surface area (Å²) in [4.78, 5) is 16.3. The first kappa shape index (κ1) is 12.7. The molecule has 4 nitrogen and oxygen atoms in total. The number of rotatable bonds is 2. The predicted molar refractivity (Wildman–Crippen MR) is 79.2 cm³/mol. The van der Waals surface area contributed by atoms with E-state index in [0.717, 1.165) is 19.3 Å². The minimum Gasteiger partial charge on any atom is -0.396 e. The Labute approximate surface area is 118 Å². The van der Waals surface area contributed by atoms with Crippen LogP contribution in [-0.2, 0) is 17.6 Å². The highest BCUT2D eigenvalue weighted by Crippen LogP contribution is 2.27. The van der Waals surface area contributed by atoms with Gasteiger partial charge in [-0.3, -0.25) is 9.78 Å². The molecule has 0 radical (unpaired) electrons. The molecule has 102 valence electrons. The van der Waals surface area contributed by atoms with Crippen molar-refractivity contribution in [3.8, 4) is 0 Å². The molecule has 1 aromatic carbocycles. The smallest absolute Gasteiger partial charge is 0.227 e. The Kier molecular flexibility index (Phi) is 3.37. The fourth-order valence-electron chi connectivity index (χ4n) is 2.68. The molecular weight excluding hydrogens is 250 g/mol. The number of benzene rings is 1. The summed E-state index contributed by atoms with van der Waals surface area (Å²) in [7, 11) is 0. The zero-order valence-electron chi connectivity index (χ0n) is 11.2. The third-order valence-corrected chi connectivity index (χ3v) is 3.83. The largest absolute Gasteiger partial charge is 0.396 e. The average Bonchev–Trinajstić information content (AvgIpc) is 2.49. The monoisotopic (exact) mass is 267 g/mol. The molecular formula is C16H17N3O. The summed E-state index contributed by atoms with van der Waals surface area (Å²) in [5.74, 6) is 0.0508. The number of nitrogen functional groups attached to an aromatic ring is 1. The molecule has 20 heavy (non-hydrogen) atoms. The lowest BCUT2D eigenvalue weighted by atomic mass is 9.83.